The van der Waals surface area contributed by atoms with Gasteiger partial charge in [0.1, 0.15) is 5.76 Å². The van der Waals surface area contributed by atoms with Crippen molar-refractivity contribution in [3.8, 4) is 0 Å². The number of furan rings is 1. The van der Waals surface area contributed by atoms with Crippen molar-refractivity contribution in [1.82, 2.24) is 10.2 Å². The lowest BCUT2D eigenvalue weighted by atomic mass is 10.2. The molecule has 3 nitrogen and oxygen atoms in total. The van der Waals surface area contributed by atoms with Gasteiger partial charge in [-0.05, 0) is 38.5 Å². The Morgan fingerprint density at radius 3 is 2.37 bits per heavy atom. The summed E-state index contributed by atoms with van der Waals surface area (Å²) in [6, 6.07) is 2.12. The average molecular weight is 266 g/mol. The monoisotopic (exact) mass is 266 g/mol. The number of hydrogen-bond donors (Lipinski definition) is 1. The van der Waals surface area contributed by atoms with Gasteiger partial charge in [-0.25, -0.2) is 0 Å². The van der Waals surface area contributed by atoms with Crippen molar-refractivity contribution in [2.45, 2.75) is 59.5 Å². The predicted molar refractivity (Wildman–Crippen MR) is 81.2 cm³/mol. The third-order valence-corrected chi connectivity index (χ3v) is 3.42. The molecule has 1 heterocycles. The molecule has 1 N–H and O–H groups in total. The van der Waals surface area contributed by atoms with Crippen LogP contribution in [-0.4, -0.2) is 24.5 Å². The molecular weight excluding hydrogens is 236 g/mol. The summed E-state index contributed by atoms with van der Waals surface area (Å²) in [6.45, 7) is 11.9. The van der Waals surface area contributed by atoms with Crippen LogP contribution in [-0.2, 0) is 13.1 Å². The largest absolute Gasteiger partial charge is 0.468 e. The summed E-state index contributed by atoms with van der Waals surface area (Å²) in [4.78, 5) is 2.56. The number of nitrogens with zero attached hydrogens (tertiary/aromatic N) is 1. The van der Waals surface area contributed by atoms with E-state index in [2.05, 4.69) is 37.1 Å². The zero-order valence-corrected chi connectivity index (χ0v) is 12.9. The van der Waals surface area contributed by atoms with Gasteiger partial charge in [-0.3, -0.25) is 4.90 Å². The van der Waals surface area contributed by atoms with E-state index in [1.807, 2.05) is 6.26 Å². The highest BCUT2D eigenvalue weighted by Crippen LogP contribution is 2.14. The van der Waals surface area contributed by atoms with Crippen LogP contribution in [0, 0.1) is 0 Å². The molecule has 1 aromatic rings. The van der Waals surface area contributed by atoms with Crippen LogP contribution in [0.4, 0.5) is 0 Å². The van der Waals surface area contributed by atoms with Crippen LogP contribution in [0.5, 0.6) is 0 Å². The molecule has 0 saturated heterocycles. The summed E-state index contributed by atoms with van der Waals surface area (Å²) in [5.74, 6) is 1.10. The SMILES string of the molecule is CCCCN(CCCC)Cc1ccoc1CNCC. The Morgan fingerprint density at radius 1 is 1.11 bits per heavy atom. The Bertz CT molecular complexity index is 314. The third kappa shape index (κ3) is 6.26. The van der Waals surface area contributed by atoms with Gasteiger partial charge < -0.3 is 9.73 Å². The van der Waals surface area contributed by atoms with Crippen molar-refractivity contribution in [3.63, 3.8) is 0 Å². The van der Waals surface area contributed by atoms with Gasteiger partial charge in [0.25, 0.3) is 0 Å². The molecule has 0 fully saturated rings. The van der Waals surface area contributed by atoms with Gasteiger partial charge in [-0.15, -0.1) is 0 Å². The Balaban J connectivity index is 2.53. The highest BCUT2D eigenvalue weighted by Gasteiger charge is 2.10. The summed E-state index contributed by atoms with van der Waals surface area (Å²) in [7, 11) is 0. The van der Waals surface area contributed by atoms with Crippen LogP contribution in [0.25, 0.3) is 0 Å². The van der Waals surface area contributed by atoms with Gasteiger partial charge in [-0.2, -0.15) is 0 Å². The minimum absolute atomic E-state index is 0.841. The predicted octanol–water partition coefficient (Wildman–Crippen LogP) is 3.79. The van der Waals surface area contributed by atoms with E-state index in [-0.39, 0.29) is 0 Å². The van der Waals surface area contributed by atoms with E-state index in [4.69, 9.17) is 4.42 Å². The zero-order valence-electron chi connectivity index (χ0n) is 12.9. The van der Waals surface area contributed by atoms with E-state index in [9.17, 15) is 0 Å². The van der Waals surface area contributed by atoms with Gasteiger partial charge in [0.05, 0.1) is 12.8 Å². The first kappa shape index (κ1) is 16.3. The minimum atomic E-state index is 0.841. The lowest BCUT2D eigenvalue weighted by molar-refractivity contribution is 0.255. The van der Waals surface area contributed by atoms with Crippen LogP contribution in [0.3, 0.4) is 0 Å². The Hall–Kier alpha value is -0.800. The van der Waals surface area contributed by atoms with E-state index in [0.29, 0.717) is 0 Å². The molecular formula is C16H30N2O. The highest BCUT2D eigenvalue weighted by atomic mass is 16.3. The van der Waals surface area contributed by atoms with E-state index in [0.717, 1.165) is 25.4 Å². The fourth-order valence-electron chi connectivity index (χ4n) is 2.18. The van der Waals surface area contributed by atoms with Crippen LogP contribution in [0.2, 0.25) is 0 Å². The average Bonchev–Trinajstić information content (AvgIpc) is 2.86. The number of rotatable bonds is 11. The lowest BCUT2D eigenvalue weighted by Crippen LogP contribution is -2.26. The van der Waals surface area contributed by atoms with E-state index >= 15 is 0 Å². The van der Waals surface area contributed by atoms with Crippen LogP contribution >= 0.6 is 0 Å². The summed E-state index contributed by atoms with van der Waals surface area (Å²) < 4.78 is 5.59. The Kier molecular flexibility index (Phi) is 8.59. The fraction of sp³-hybridized carbons (Fsp3) is 0.750. The molecule has 0 amide bonds. The first-order valence-electron chi connectivity index (χ1n) is 7.80. The zero-order chi connectivity index (χ0) is 13.9. The summed E-state index contributed by atoms with van der Waals surface area (Å²) in [6.07, 6.45) is 6.91. The Morgan fingerprint density at radius 2 is 1.79 bits per heavy atom. The molecule has 0 unspecified atom stereocenters. The smallest absolute Gasteiger partial charge is 0.122 e. The molecule has 0 radical (unpaired) electrons. The standard InChI is InChI=1S/C16H30N2O/c1-4-7-10-18(11-8-5-2)14-15-9-12-19-16(15)13-17-6-3/h9,12,17H,4-8,10-11,13-14H2,1-3H3. The molecule has 0 aliphatic rings. The van der Waals surface area contributed by atoms with Crippen molar-refractivity contribution < 1.29 is 4.42 Å². The fourth-order valence-corrected chi connectivity index (χ4v) is 2.18. The maximum atomic E-state index is 5.59. The third-order valence-electron chi connectivity index (χ3n) is 3.42. The molecule has 1 rings (SSSR count). The molecule has 3 heteroatoms. The lowest BCUT2D eigenvalue weighted by Gasteiger charge is -2.21. The first-order chi connectivity index (χ1) is 9.31. The second-order valence-corrected chi connectivity index (χ2v) is 5.13. The molecule has 1 aromatic heterocycles. The molecule has 0 aliphatic heterocycles. The molecule has 0 aliphatic carbocycles. The summed E-state index contributed by atoms with van der Waals surface area (Å²) >= 11 is 0. The summed E-state index contributed by atoms with van der Waals surface area (Å²) in [5, 5.41) is 3.34. The van der Waals surface area contributed by atoms with Crippen LogP contribution in [0.1, 0.15) is 57.8 Å². The van der Waals surface area contributed by atoms with Crippen molar-refractivity contribution in [1.29, 1.82) is 0 Å². The van der Waals surface area contributed by atoms with Gasteiger partial charge in [0.2, 0.25) is 0 Å². The van der Waals surface area contributed by atoms with Crippen molar-refractivity contribution >= 4 is 0 Å². The second-order valence-electron chi connectivity index (χ2n) is 5.13. The van der Waals surface area contributed by atoms with Crippen molar-refractivity contribution in [2.24, 2.45) is 0 Å². The van der Waals surface area contributed by atoms with Crippen LogP contribution < -0.4 is 5.32 Å². The minimum Gasteiger partial charge on any atom is -0.468 e. The van der Waals surface area contributed by atoms with Gasteiger partial charge in [-0.1, -0.05) is 33.6 Å². The normalized spacial score (nSPS) is 11.4. The molecule has 19 heavy (non-hydrogen) atoms. The molecule has 0 aromatic carbocycles. The van der Waals surface area contributed by atoms with Crippen LogP contribution in [0.15, 0.2) is 16.7 Å². The van der Waals surface area contributed by atoms with E-state index in [1.54, 1.807) is 0 Å². The maximum Gasteiger partial charge on any atom is 0.122 e. The van der Waals surface area contributed by atoms with E-state index in [1.165, 1.54) is 44.3 Å². The second kappa shape index (κ2) is 10.0. The van der Waals surface area contributed by atoms with Gasteiger partial charge in [0.15, 0.2) is 0 Å². The number of unbranched alkanes of at least 4 members (excludes halogenated alkanes) is 2. The quantitative estimate of drug-likeness (QED) is 0.660. The molecule has 0 atom stereocenters. The van der Waals surface area contributed by atoms with Gasteiger partial charge in [0, 0.05) is 12.1 Å². The molecule has 110 valence electrons. The van der Waals surface area contributed by atoms with Crippen molar-refractivity contribution in [3.05, 3.63) is 23.7 Å². The van der Waals surface area contributed by atoms with Gasteiger partial charge >= 0.3 is 0 Å². The Labute approximate surface area is 118 Å². The van der Waals surface area contributed by atoms with Crippen molar-refractivity contribution in [2.75, 3.05) is 19.6 Å². The summed E-state index contributed by atoms with van der Waals surface area (Å²) in [5.41, 5.74) is 1.34. The molecule has 0 spiro atoms. The highest BCUT2D eigenvalue weighted by molar-refractivity contribution is 5.16. The maximum absolute atomic E-state index is 5.59. The topological polar surface area (TPSA) is 28.4 Å². The molecule has 0 saturated carbocycles. The number of hydrogen-bond acceptors (Lipinski definition) is 3. The first-order valence-corrected chi connectivity index (χ1v) is 7.80. The van der Waals surface area contributed by atoms with E-state index < -0.39 is 0 Å². The number of nitrogens with one attached hydrogen (secondary N) is 1. The molecule has 0 bridgehead atoms.